The van der Waals surface area contributed by atoms with E-state index in [2.05, 4.69) is 28.2 Å². The first kappa shape index (κ1) is 18.4. The zero-order valence-corrected chi connectivity index (χ0v) is 15.2. The van der Waals surface area contributed by atoms with Gasteiger partial charge in [0, 0.05) is 23.1 Å². The molecule has 0 saturated carbocycles. The summed E-state index contributed by atoms with van der Waals surface area (Å²) in [6.07, 6.45) is 2.09. The summed E-state index contributed by atoms with van der Waals surface area (Å²) in [7, 11) is 0. The van der Waals surface area contributed by atoms with Gasteiger partial charge in [-0.3, -0.25) is 14.4 Å². The zero-order valence-electron chi connectivity index (χ0n) is 13.6. The summed E-state index contributed by atoms with van der Waals surface area (Å²) in [6, 6.07) is 6.77. The highest BCUT2D eigenvalue weighted by molar-refractivity contribution is 9.10. The molecule has 2 rings (SSSR count). The average Bonchev–Trinajstić information content (AvgIpc) is 2.58. The summed E-state index contributed by atoms with van der Waals surface area (Å²) in [5.74, 6) is -0.702. The Morgan fingerprint density at radius 2 is 2.00 bits per heavy atom. The number of carbonyl (C=O) groups is 3. The third kappa shape index (κ3) is 5.63. The van der Waals surface area contributed by atoms with E-state index in [1.807, 2.05) is 0 Å². The van der Waals surface area contributed by atoms with Crippen LogP contribution in [0, 0.1) is 5.92 Å². The summed E-state index contributed by atoms with van der Waals surface area (Å²) < 4.78 is 5.81. The quantitative estimate of drug-likeness (QED) is 0.772. The number of amides is 2. The Balaban J connectivity index is 1.70. The number of nitrogens with one attached hydrogen (secondary N) is 1. The molecule has 1 atom stereocenters. The normalized spacial score (nSPS) is 17.2. The summed E-state index contributed by atoms with van der Waals surface area (Å²) in [6.45, 7) is 2.97. The van der Waals surface area contributed by atoms with Crippen LogP contribution in [0.1, 0.15) is 30.1 Å². The monoisotopic (exact) mass is 396 g/mol. The van der Waals surface area contributed by atoms with Crippen LogP contribution in [0.3, 0.4) is 0 Å². The SMILES string of the molecule is C[C@@H]1CCCN(C(=O)COC(=O)CNC(=O)c2ccc(Br)cc2)C1. The van der Waals surface area contributed by atoms with Crippen molar-refractivity contribution < 1.29 is 19.1 Å². The molecule has 0 radical (unpaired) electrons. The molecule has 1 N–H and O–H groups in total. The first-order chi connectivity index (χ1) is 11.5. The predicted octanol–water partition coefficient (Wildman–Crippen LogP) is 1.98. The molecule has 1 aromatic carbocycles. The molecule has 1 heterocycles. The van der Waals surface area contributed by atoms with Crippen molar-refractivity contribution in [1.29, 1.82) is 0 Å². The van der Waals surface area contributed by atoms with E-state index in [1.54, 1.807) is 29.2 Å². The van der Waals surface area contributed by atoms with Gasteiger partial charge in [-0.1, -0.05) is 22.9 Å². The molecule has 1 aromatic rings. The maximum Gasteiger partial charge on any atom is 0.325 e. The lowest BCUT2D eigenvalue weighted by Crippen LogP contribution is -2.42. The highest BCUT2D eigenvalue weighted by Crippen LogP contribution is 2.15. The third-order valence-corrected chi connectivity index (χ3v) is 4.39. The Morgan fingerprint density at radius 3 is 2.67 bits per heavy atom. The molecule has 0 spiro atoms. The Labute approximate surface area is 149 Å². The topological polar surface area (TPSA) is 75.7 Å². The van der Waals surface area contributed by atoms with Crippen molar-refractivity contribution in [2.24, 2.45) is 5.92 Å². The van der Waals surface area contributed by atoms with Crippen molar-refractivity contribution in [2.45, 2.75) is 19.8 Å². The number of hydrogen-bond acceptors (Lipinski definition) is 4. The van der Waals surface area contributed by atoms with Gasteiger partial charge in [0.25, 0.3) is 11.8 Å². The second-order valence-corrected chi connectivity index (χ2v) is 6.85. The zero-order chi connectivity index (χ0) is 17.5. The van der Waals surface area contributed by atoms with Gasteiger partial charge in [-0.15, -0.1) is 0 Å². The van der Waals surface area contributed by atoms with Gasteiger partial charge in [-0.25, -0.2) is 0 Å². The van der Waals surface area contributed by atoms with Crippen molar-refractivity contribution in [2.75, 3.05) is 26.2 Å². The molecule has 130 valence electrons. The maximum atomic E-state index is 12.0. The number of esters is 1. The average molecular weight is 397 g/mol. The molecular formula is C17H21BrN2O4. The lowest BCUT2D eigenvalue weighted by atomic mass is 10.0. The largest absolute Gasteiger partial charge is 0.454 e. The minimum absolute atomic E-state index is 0.186. The highest BCUT2D eigenvalue weighted by atomic mass is 79.9. The summed E-state index contributed by atoms with van der Waals surface area (Å²) in [5.41, 5.74) is 0.449. The van der Waals surface area contributed by atoms with E-state index in [4.69, 9.17) is 4.74 Å². The molecule has 0 aliphatic carbocycles. The molecule has 0 aromatic heterocycles. The van der Waals surface area contributed by atoms with Gasteiger partial charge in [-0.2, -0.15) is 0 Å². The van der Waals surface area contributed by atoms with Gasteiger partial charge in [0.05, 0.1) is 0 Å². The molecule has 0 bridgehead atoms. The van der Waals surface area contributed by atoms with Crippen LogP contribution >= 0.6 is 15.9 Å². The number of hydrogen-bond donors (Lipinski definition) is 1. The molecule has 6 nitrogen and oxygen atoms in total. The van der Waals surface area contributed by atoms with Crippen LogP contribution in [0.5, 0.6) is 0 Å². The molecule has 1 aliphatic rings. The maximum absolute atomic E-state index is 12.0. The van der Waals surface area contributed by atoms with Crippen molar-refractivity contribution in [3.05, 3.63) is 34.3 Å². The number of nitrogens with zero attached hydrogens (tertiary/aromatic N) is 1. The van der Waals surface area contributed by atoms with Crippen LogP contribution in [0.15, 0.2) is 28.7 Å². The minimum Gasteiger partial charge on any atom is -0.454 e. The fourth-order valence-electron chi connectivity index (χ4n) is 2.56. The van der Waals surface area contributed by atoms with Crippen LogP contribution in [0.2, 0.25) is 0 Å². The van der Waals surface area contributed by atoms with Crippen molar-refractivity contribution >= 4 is 33.7 Å². The predicted molar refractivity (Wildman–Crippen MR) is 92.4 cm³/mol. The van der Waals surface area contributed by atoms with E-state index in [9.17, 15) is 14.4 Å². The number of likely N-dealkylation sites (tertiary alicyclic amines) is 1. The second-order valence-electron chi connectivity index (χ2n) is 5.94. The standard InChI is InChI=1S/C17H21BrN2O4/c1-12-3-2-8-20(10-12)15(21)11-24-16(22)9-19-17(23)13-4-6-14(18)7-5-13/h4-7,12H,2-3,8-11H2,1H3,(H,19,23)/t12-/m1/s1. The minimum atomic E-state index is -0.626. The lowest BCUT2D eigenvalue weighted by molar-refractivity contribution is -0.151. The van der Waals surface area contributed by atoms with Crippen LogP contribution in [-0.2, 0) is 14.3 Å². The van der Waals surface area contributed by atoms with Gasteiger partial charge in [-0.05, 0) is 43.0 Å². The van der Waals surface area contributed by atoms with Gasteiger partial charge >= 0.3 is 5.97 Å². The molecule has 7 heteroatoms. The Hall–Kier alpha value is -1.89. The summed E-state index contributed by atoms with van der Waals surface area (Å²) in [4.78, 5) is 37.3. The van der Waals surface area contributed by atoms with Crippen molar-refractivity contribution in [1.82, 2.24) is 10.2 Å². The number of carbonyl (C=O) groups excluding carboxylic acids is 3. The van der Waals surface area contributed by atoms with Crippen LogP contribution in [-0.4, -0.2) is 48.9 Å². The van der Waals surface area contributed by atoms with E-state index in [1.165, 1.54) is 0 Å². The Bertz CT molecular complexity index is 603. The number of halogens is 1. The molecular weight excluding hydrogens is 376 g/mol. The molecule has 1 aliphatic heterocycles. The molecule has 1 saturated heterocycles. The van der Waals surface area contributed by atoms with Gasteiger partial charge < -0.3 is 15.0 Å². The van der Waals surface area contributed by atoms with Gasteiger partial charge in [0.1, 0.15) is 6.54 Å². The van der Waals surface area contributed by atoms with E-state index < -0.39 is 5.97 Å². The second kappa shape index (κ2) is 8.82. The van der Waals surface area contributed by atoms with E-state index in [0.29, 0.717) is 24.6 Å². The third-order valence-electron chi connectivity index (χ3n) is 3.87. The van der Waals surface area contributed by atoms with E-state index in [-0.39, 0.29) is 25.0 Å². The summed E-state index contributed by atoms with van der Waals surface area (Å²) >= 11 is 3.29. The van der Waals surface area contributed by atoms with Crippen LogP contribution < -0.4 is 5.32 Å². The van der Waals surface area contributed by atoms with Crippen molar-refractivity contribution in [3.8, 4) is 0 Å². The Morgan fingerprint density at radius 1 is 1.29 bits per heavy atom. The van der Waals surface area contributed by atoms with Crippen LogP contribution in [0.25, 0.3) is 0 Å². The van der Waals surface area contributed by atoms with Crippen LogP contribution in [0.4, 0.5) is 0 Å². The van der Waals surface area contributed by atoms with E-state index >= 15 is 0 Å². The number of benzene rings is 1. The number of rotatable bonds is 5. The van der Waals surface area contributed by atoms with E-state index in [0.717, 1.165) is 17.3 Å². The molecule has 1 fully saturated rings. The number of ether oxygens (including phenoxy) is 1. The first-order valence-corrected chi connectivity index (χ1v) is 8.72. The Kier molecular flexibility index (Phi) is 6.78. The molecule has 24 heavy (non-hydrogen) atoms. The molecule has 0 unspecified atom stereocenters. The first-order valence-electron chi connectivity index (χ1n) is 7.93. The van der Waals surface area contributed by atoms with Crippen molar-refractivity contribution in [3.63, 3.8) is 0 Å². The number of piperidine rings is 1. The van der Waals surface area contributed by atoms with Gasteiger partial charge in [0.15, 0.2) is 6.61 Å². The van der Waals surface area contributed by atoms with Gasteiger partial charge in [0.2, 0.25) is 0 Å². The lowest BCUT2D eigenvalue weighted by Gasteiger charge is -2.30. The molecule has 2 amide bonds. The fourth-order valence-corrected chi connectivity index (χ4v) is 2.82. The highest BCUT2D eigenvalue weighted by Gasteiger charge is 2.21. The smallest absolute Gasteiger partial charge is 0.325 e. The fraction of sp³-hybridized carbons (Fsp3) is 0.471. The summed E-state index contributed by atoms with van der Waals surface area (Å²) in [5, 5.41) is 2.47.